The molecule has 1 aliphatic carbocycles. The van der Waals surface area contributed by atoms with Crippen LogP contribution in [0.15, 0.2) is 84.9 Å². The maximum Gasteiger partial charge on any atom is 0.314 e. The van der Waals surface area contributed by atoms with Gasteiger partial charge in [-0.3, -0.25) is 4.79 Å². The van der Waals surface area contributed by atoms with Crippen LogP contribution in [0.4, 0.5) is 0 Å². The van der Waals surface area contributed by atoms with Crippen molar-refractivity contribution >= 4 is 5.97 Å². The first kappa shape index (κ1) is 17.3. The number of hydrogen-bond donors (Lipinski definition) is 0. The molecule has 0 aliphatic heterocycles. The highest BCUT2D eigenvalue weighted by molar-refractivity contribution is 5.79. The molecule has 0 N–H and O–H groups in total. The van der Waals surface area contributed by atoms with Crippen LogP contribution in [0.1, 0.15) is 29.9 Å². The van der Waals surface area contributed by atoms with Gasteiger partial charge in [0.25, 0.3) is 0 Å². The molecule has 0 amide bonds. The molecule has 27 heavy (non-hydrogen) atoms. The maximum atomic E-state index is 12.7. The number of benzene rings is 3. The minimum Gasteiger partial charge on any atom is -0.460 e. The van der Waals surface area contributed by atoms with E-state index in [1.807, 2.05) is 84.9 Å². The van der Waals surface area contributed by atoms with Crippen LogP contribution in [0, 0.1) is 5.92 Å². The summed E-state index contributed by atoms with van der Waals surface area (Å²) in [5, 5.41) is 0. The zero-order valence-electron chi connectivity index (χ0n) is 15.1. The van der Waals surface area contributed by atoms with Gasteiger partial charge in [0.15, 0.2) is 0 Å². The number of hydrogen-bond acceptors (Lipinski definition) is 3. The van der Waals surface area contributed by atoms with Gasteiger partial charge in [0.1, 0.15) is 18.1 Å². The molecule has 1 atom stereocenters. The fourth-order valence-corrected chi connectivity index (χ4v) is 3.26. The van der Waals surface area contributed by atoms with Crippen LogP contribution in [-0.2, 0) is 16.1 Å². The van der Waals surface area contributed by atoms with Gasteiger partial charge in [0.05, 0.1) is 5.92 Å². The Balaban J connectivity index is 1.40. The van der Waals surface area contributed by atoms with Crippen LogP contribution in [0.5, 0.6) is 11.5 Å². The summed E-state index contributed by atoms with van der Waals surface area (Å²) in [5.74, 6) is 1.63. The first-order chi connectivity index (χ1) is 13.3. The van der Waals surface area contributed by atoms with Crippen molar-refractivity contribution in [2.45, 2.75) is 25.4 Å². The second-order valence-electron chi connectivity index (χ2n) is 6.90. The lowest BCUT2D eigenvalue weighted by molar-refractivity contribution is -0.147. The van der Waals surface area contributed by atoms with Crippen molar-refractivity contribution in [2.75, 3.05) is 0 Å². The summed E-state index contributed by atoms with van der Waals surface area (Å²) in [4.78, 5) is 12.7. The van der Waals surface area contributed by atoms with Crippen LogP contribution >= 0.6 is 0 Å². The van der Waals surface area contributed by atoms with E-state index in [1.165, 1.54) is 0 Å². The van der Waals surface area contributed by atoms with Crippen LogP contribution in [0.25, 0.3) is 0 Å². The maximum absolute atomic E-state index is 12.7. The lowest BCUT2D eigenvalue weighted by Crippen LogP contribution is -2.17. The molecule has 0 spiro atoms. The lowest BCUT2D eigenvalue weighted by atomic mass is 9.94. The highest BCUT2D eigenvalue weighted by atomic mass is 16.5. The van der Waals surface area contributed by atoms with Crippen molar-refractivity contribution in [3.63, 3.8) is 0 Å². The molecule has 0 bridgehead atoms. The third-order valence-corrected chi connectivity index (χ3v) is 4.76. The second kappa shape index (κ2) is 8.09. The molecule has 1 aliphatic rings. The predicted octanol–water partition coefficient (Wildman–Crippen LogP) is 5.72. The summed E-state index contributed by atoms with van der Waals surface area (Å²) in [6, 6.07) is 27.2. The van der Waals surface area contributed by atoms with Gasteiger partial charge in [0, 0.05) is 0 Å². The highest BCUT2D eigenvalue weighted by Gasteiger charge is 2.38. The van der Waals surface area contributed by atoms with E-state index >= 15 is 0 Å². The van der Waals surface area contributed by atoms with Crippen LogP contribution < -0.4 is 4.74 Å². The minimum absolute atomic E-state index is 0.141. The summed E-state index contributed by atoms with van der Waals surface area (Å²) in [5.41, 5.74) is 1.96. The van der Waals surface area contributed by atoms with E-state index in [4.69, 9.17) is 9.47 Å². The van der Waals surface area contributed by atoms with E-state index in [2.05, 4.69) is 0 Å². The third-order valence-electron chi connectivity index (χ3n) is 4.76. The molecule has 3 aromatic carbocycles. The van der Waals surface area contributed by atoms with E-state index < -0.39 is 0 Å². The second-order valence-corrected chi connectivity index (χ2v) is 6.90. The summed E-state index contributed by atoms with van der Waals surface area (Å²) < 4.78 is 11.5. The average molecular weight is 358 g/mol. The molecule has 3 aromatic rings. The van der Waals surface area contributed by atoms with E-state index in [-0.39, 0.29) is 18.5 Å². The molecule has 1 unspecified atom stereocenters. The van der Waals surface area contributed by atoms with Crippen molar-refractivity contribution in [1.82, 2.24) is 0 Å². The predicted molar refractivity (Wildman–Crippen MR) is 105 cm³/mol. The zero-order chi connectivity index (χ0) is 18.5. The quantitative estimate of drug-likeness (QED) is 0.507. The molecule has 3 heteroatoms. The van der Waals surface area contributed by atoms with Crippen molar-refractivity contribution < 1.29 is 14.3 Å². The largest absolute Gasteiger partial charge is 0.460 e. The monoisotopic (exact) mass is 358 g/mol. The molecule has 0 radical (unpaired) electrons. The molecule has 0 aromatic heterocycles. The summed E-state index contributed by atoms with van der Waals surface area (Å²) >= 11 is 0. The molecule has 136 valence electrons. The lowest BCUT2D eigenvalue weighted by Gasteiger charge is -2.16. The Morgan fingerprint density at radius 3 is 2.22 bits per heavy atom. The number of carbonyl (C=O) groups is 1. The van der Waals surface area contributed by atoms with Gasteiger partial charge in [-0.05, 0) is 54.2 Å². The smallest absolute Gasteiger partial charge is 0.314 e. The summed E-state index contributed by atoms with van der Waals surface area (Å²) in [7, 11) is 0. The van der Waals surface area contributed by atoms with Gasteiger partial charge in [-0.1, -0.05) is 60.7 Å². The normalized spacial score (nSPS) is 14.4. The Morgan fingerprint density at radius 1 is 0.852 bits per heavy atom. The Morgan fingerprint density at radius 2 is 1.52 bits per heavy atom. The van der Waals surface area contributed by atoms with Gasteiger partial charge in [-0.25, -0.2) is 0 Å². The van der Waals surface area contributed by atoms with Crippen molar-refractivity contribution in [3.8, 4) is 11.5 Å². The number of carbonyl (C=O) groups excluding carboxylic acids is 1. The fourth-order valence-electron chi connectivity index (χ4n) is 3.26. The molecule has 1 saturated carbocycles. The van der Waals surface area contributed by atoms with Crippen molar-refractivity contribution in [1.29, 1.82) is 0 Å². The minimum atomic E-state index is -0.157. The standard InChI is InChI=1S/C24H22O3/c25-24(23(20-14-15-20)19-9-3-1-4-10-19)26-17-18-8-7-13-22(16-18)27-21-11-5-2-6-12-21/h1-13,16,20,23H,14-15,17H2. The topological polar surface area (TPSA) is 35.5 Å². The van der Waals surface area contributed by atoms with Crippen LogP contribution in [0.2, 0.25) is 0 Å². The molecular weight excluding hydrogens is 336 g/mol. The number of ether oxygens (including phenoxy) is 2. The summed E-state index contributed by atoms with van der Waals surface area (Å²) in [6.07, 6.45) is 2.18. The molecule has 1 fully saturated rings. The van der Waals surface area contributed by atoms with E-state index in [1.54, 1.807) is 0 Å². The Kier molecular flexibility index (Phi) is 5.20. The number of para-hydroxylation sites is 1. The van der Waals surface area contributed by atoms with E-state index in [9.17, 15) is 4.79 Å². The van der Waals surface area contributed by atoms with E-state index in [0.717, 1.165) is 35.5 Å². The third kappa shape index (κ3) is 4.56. The van der Waals surface area contributed by atoms with Crippen LogP contribution in [0.3, 0.4) is 0 Å². The Labute approximate surface area is 159 Å². The number of rotatable bonds is 7. The fraction of sp³-hybridized carbons (Fsp3) is 0.208. The molecule has 3 nitrogen and oxygen atoms in total. The van der Waals surface area contributed by atoms with Crippen molar-refractivity contribution in [2.24, 2.45) is 5.92 Å². The van der Waals surface area contributed by atoms with E-state index in [0.29, 0.717) is 5.92 Å². The number of esters is 1. The van der Waals surface area contributed by atoms with Gasteiger partial charge in [-0.15, -0.1) is 0 Å². The first-order valence-electron chi connectivity index (χ1n) is 9.33. The highest BCUT2D eigenvalue weighted by Crippen LogP contribution is 2.43. The molecule has 4 rings (SSSR count). The summed E-state index contributed by atoms with van der Waals surface area (Å²) in [6.45, 7) is 0.251. The zero-order valence-corrected chi connectivity index (χ0v) is 15.1. The van der Waals surface area contributed by atoms with Gasteiger partial charge < -0.3 is 9.47 Å². The molecule has 0 saturated heterocycles. The SMILES string of the molecule is O=C(OCc1cccc(Oc2ccccc2)c1)C(c1ccccc1)C1CC1. The van der Waals surface area contributed by atoms with Gasteiger partial charge in [-0.2, -0.15) is 0 Å². The van der Waals surface area contributed by atoms with Gasteiger partial charge >= 0.3 is 5.97 Å². The Hall–Kier alpha value is -3.07. The van der Waals surface area contributed by atoms with Crippen LogP contribution in [-0.4, -0.2) is 5.97 Å². The van der Waals surface area contributed by atoms with Gasteiger partial charge in [0.2, 0.25) is 0 Å². The van der Waals surface area contributed by atoms with Crippen molar-refractivity contribution in [3.05, 3.63) is 96.1 Å². The molecule has 0 heterocycles. The Bertz CT molecular complexity index is 886. The first-order valence-corrected chi connectivity index (χ1v) is 9.33. The molecular formula is C24H22O3. The average Bonchev–Trinajstić information content (AvgIpc) is 3.54.